The van der Waals surface area contributed by atoms with Gasteiger partial charge in [0.1, 0.15) is 0 Å². The van der Waals surface area contributed by atoms with Crippen LogP contribution in [-0.4, -0.2) is 52.2 Å². The molecule has 7 heteroatoms. The molecule has 0 saturated carbocycles. The van der Waals surface area contributed by atoms with Crippen LogP contribution in [-0.2, 0) is 0 Å². The molecule has 1 amide bonds. The summed E-state index contributed by atoms with van der Waals surface area (Å²) in [4.78, 5) is 21.1. The van der Waals surface area contributed by atoms with E-state index >= 15 is 0 Å². The molecule has 0 unspecified atom stereocenters. The number of thiazole rings is 1. The van der Waals surface area contributed by atoms with E-state index < -0.39 is 0 Å². The highest BCUT2D eigenvalue weighted by Crippen LogP contribution is 2.21. The van der Waals surface area contributed by atoms with E-state index in [4.69, 9.17) is 0 Å². The first-order valence-electron chi connectivity index (χ1n) is 7.85. The lowest BCUT2D eigenvalue weighted by Gasteiger charge is -2.34. The van der Waals surface area contributed by atoms with Crippen LogP contribution in [0.3, 0.4) is 0 Å². The molecule has 2 aromatic heterocycles. The Morgan fingerprint density at radius 3 is 2.46 bits per heavy atom. The fraction of sp³-hybridized carbons (Fsp3) is 0.235. The third-order valence-electron chi connectivity index (χ3n) is 4.20. The lowest BCUT2D eigenvalue weighted by molar-refractivity contribution is 0.0747. The van der Waals surface area contributed by atoms with Crippen molar-refractivity contribution >= 4 is 22.4 Å². The molecule has 0 radical (unpaired) electrons. The molecule has 0 spiro atoms. The van der Waals surface area contributed by atoms with Gasteiger partial charge in [-0.15, -0.1) is 11.3 Å². The Balaban J connectivity index is 1.41. The summed E-state index contributed by atoms with van der Waals surface area (Å²) in [5, 5.41) is 9.89. The quantitative estimate of drug-likeness (QED) is 0.796. The molecule has 1 fully saturated rings. The van der Waals surface area contributed by atoms with Gasteiger partial charge in [0.15, 0.2) is 5.13 Å². The van der Waals surface area contributed by atoms with Crippen LogP contribution in [0.4, 0.5) is 5.13 Å². The summed E-state index contributed by atoms with van der Waals surface area (Å²) in [6.07, 6.45) is 3.54. The van der Waals surface area contributed by atoms with Crippen LogP contribution < -0.4 is 4.90 Å². The van der Waals surface area contributed by atoms with Crippen molar-refractivity contribution in [3.05, 3.63) is 53.7 Å². The van der Waals surface area contributed by atoms with Gasteiger partial charge in [0.05, 0.1) is 5.69 Å². The zero-order chi connectivity index (χ0) is 16.4. The number of carbonyl (C=O) groups is 1. The topological polar surface area (TPSA) is 65.1 Å². The number of hydrogen-bond acceptors (Lipinski definition) is 5. The first-order chi connectivity index (χ1) is 11.8. The van der Waals surface area contributed by atoms with Crippen molar-refractivity contribution in [2.24, 2.45) is 0 Å². The lowest BCUT2D eigenvalue weighted by atomic mass is 10.1. The summed E-state index contributed by atoms with van der Waals surface area (Å²) in [5.41, 5.74) is 2.70. The molecule has 0 atom stereocenters. The van der Waals surface area contributed by atoms with Gasteiger partial charge in [-0.2, -0.15) is 5.10 Å². The Labute approximate surface area is 143 Å². The minimum atomic E-state index is 0.0879. The number of amides is 1. The molecule has 1 aliphatic heterocycles. The number of hydrogen-bond donors (Lipinski definition) is 1. The maximum absolute atomic E-state index is 12.7. The predicted octanol–water partition coefficient (Wildman–Crippen LogP) is 2.50. The number of benzene rings is 1. The number of carbonyl (C=O) groups excluding carboxylic acids is 1. The summed E-state index contributed by atoms with van der Waals surface area (Å²) < 4.78 is 0. The molecule has 4 rings (SSSR count). The lowest BCUT2D eigenvalue weighted by Crippen LogP contribution is -2.48. The zero-order valence-electron chi connectivity index (χ0n) is 13.1. The number of anilines is 1. The Bertz CT molecular complexity index is 790. The molecule has 0 aliphatic carbocycles. The van der Waals surface area contributed by atoms with Crippen LogP contribution in [0.25, 0.3) is 11.3 Å². The summed E-state index contributed by atoms with van der Waals surface area (Å²) in [6.45, 7) is 3.10. The first-order valence-corrected chi connectivity index (χ1v) is 8.73. The van der Waals surface area contributed by atoms with Crippen molar-refractivity contribution < 1.29 is 4.79 Å². The molecule has 1 N–H and O–H groups in total. The van der Waals surface area contributed by atoms with Crippen molar-refractivity contribution in [3.8, 4) is 11.3 Å². The fourth-order valence-corrected chi connectivity index (χ4v) is 3.56. The van der Waals surface area contributed by atoms with Gasteiger partial charge in [-0.3, -0.25) is 9.89 Å². The molecule has 3 aromatic rings. The fourth-order valence-electron chi connectivity index (χ4n) is 2.86. The third-order valence-corrected chi connectivity index (χ3v) is 5.03. The van der Waals surface area contributed by atoms with Crippen molar-refractivity contribution in [2.45, 2.75) is 0 Å². The van der Waals surface area contributed by atoms with Gasteiger partial charge in [-0.1, -0.05) is 12.1 Å². The third kappa shape index (κ3) is 2.90. The maximum atomic E-state index is 12.7. The second kappa shape index (κ2) is 6.45. The van der Waals surface area contributed by atoms with E-state index in [0.29, 0.717) is 0 Å². The Hall–Kier alpha value is -2.67. The molecule has 6 nitrogen and oxygen atoms in total. The van der Waals surface area contributed by atoms with Crippen LogP contribution in [0, 0.1) is 0 Å². The highest BCUT2D eigenvalue weighted by molar-refractivity contribution is 7.13. The Morgan fingerprint density at radius 2 is 1.83 bits per heavy atom. The highest BCUT2D eigenvalue weighted by atomic mass is 32.1. The second-order valence-corrected chi connectivity index (χ2v) is 6.51. The number of nitrogens with zero attached hydrogens (tertiary/aromatic N) is 4. The SMILES string of the molecule is O=C(c1ccc(-c2ccn[nH]2)cc1)N1CCN(c2nccs2)CC1. The molecule has 1 aliphatic rings. The average molecular weight is 339 g/mol. The van der Waals surface area contributed by atoms with Crippen molar-refractivity contribution in [1.29, 1.82) is 0 Å². The van der Waals surface area contributed by atoms with Crippen LogP contribution in [0.2, 0.25) is 0 Å². The van der Waals surface area contributed by atoms with Crippen molar-refractivity contribution in [3.63, 3.8) is 0 Å². The number of rotatable bonds is 3. The second-order valence-electron chi connectivity index (χ2n) is 5.64. The van der Waals surface area contributed by atoms with Gasteiger partial charge in [-0.05, 0) is 23.8 Å². The number of aromatic nitrogens is 3. The van der Waals surface area contributed by atoms with E-state index in [2.05, 4.69) is 20.1 Å². The average Bonchev–Trinajstić information content (AvgIpc) is 3.35. The van der Waals surface area contributed by atoms with E-state index in [0.717, 1.165) is 48.1 Å². The predicted molar refractivity (Wildman–Crippen MR) is 94.3 cm³/mol. The normalized spacial score (nSPS) is 14.8. The maximum Gasteiger partial charge on any atom is 0.253 e. The first kappa shape index (κ1) is 14.9. The van der Waals surface area contributed by atoms with Gasteiger partial charge in [0.2, 0.25) is 0 Å². The van der Waals surface area contributed by atoms with Gasteiger partial charge in [0, 0.05) is 49.5 Å². The van der Waals surface area contributed by atoms with Crippen LogP contribution >= 0.6 is 11.3 Å². The highest BCUT2D eigenvalue weighted by Gasteiger charge is 2.23. The molecule has 3 heterocycles. The minimum Gasteiger partial charge on any atom is -0.345 e. The molecule has 1 aromatic carbocycles. The summed E-state index contributed by atoms with van der Waals surface area (Å²) in [7, 11) is 0. The monoisotopic (exact) mass is 339 g/mol. The minimum absolute atomic E-state index is 0.0879. The number of aromatic amines is 1. The van der Waals surface area contributed by atoms with E-state index in [9.17, 15) is 4.79 Å². The molecular weight excluding hydrogens is 322 g/mol. The summed E-state index contributed by atoms with van der Waals surface area (Å²) in [5.74, 6) is 0.0879. The van der Waals surface area contributed by atoms with Gasteiger partial charge >= 0.3 is 0 Å². The van der Waals surface area contributed by atoms with Gasteiger partial charge < -0.3 is 9.80 Å². The Morgan fingerprint density at radius 1 is 1.04 bits per heavy atom. The van der Waals surface area contributed by atoms with Gasteiger partial charge in [-0.25, -0.2) is 4.98 Å². The van der Waals surface area contributed by atoms with Crippen molar-refractivity contribution in [2.75, 3.05) is 31.1 Å². The molecule has 122 valence electrons. The summed E-state index contributed by atoms with van der Waals surface area (Å²) >= 11 is 1.64. The number of piperazine rings is 1. The Kier molecular flexibility index (Phi) is 4.00. The van der Waals surface area contributed by atoms with E-state index in [1.165, 1.54) is 0 Å². The van der Waals surface area contributed by atoms with Crippen LogP contribution in [0.15, 0.2) is 48.1 Å². The molecule has 24 heavy (non-hydrogen) atoms. The van der Waals surface area contributed by atoms with Crippen LogP contribution in [0.5, 0.6) is 0 Å². The smallest absolute Gasteiger partial charge is 0.253 e. The number of nitrogens with one attached hydrogen (secondary N) is 1. The van der Waals surface area contributed by atoms with E-state index in [1.807, 2.05) is 46.8 Å². The number of H-pyrrole nitrogens is 1. The molecule has 1 saturated heterocycles. The standard InChI is InChI=1S/C17H17N5OS/c23-16(14-3-1-13(2-4-14)15-5-6-19-20-15)21-8-10-22(11-9-21)17-18-7-12-24-17/h1-7,12H,8-11H2,(H,19,20). The van der Waals surface area contributed by atoms with Crippen molar-refractivity contribution in [1.82, 2.24) is 20.1 Å². The van der Waals surface area contributed by atoms with E-state index in [-0.39, 0.29) is 5.91 Å². The molecule has 0 bridgehead atoms. The van der Waals surface area contributed by atoms with Crippen LogP contribution in [0.1, 0.15) is 10.4 Å². The summed E-state index contributed by atoms with van der Waals surface area (Å²) in [6, 6.07) is 9.57. The zero-order valence-corrected chi connectivity index (χ0v) is 13.9. The van der Waals surface area contributed by atoms with Gasteiger partial charge in [0.25, 0.3) is 5.91 Å². The largest absolute Gasteiger partial charge is 0.345 e. The molecular formula is C17H17N5OS. The van der Waals surface area contributed by atoms with E-state index in [1.54, 1.807) is 17.5 Å².